The van der Waals surface area contributed by atoms with E-state index in [0.717, 1.165) is 11.0 Å². The minimum atomic E-state index is -0.217. The maximum atomic E-state index is 11.7. The minimum Gasteiger partial charge on any atom is -0.466 e. The molecule has 5 nitrogen and oxygen atoms in total. The lowest BCUT2D eigenvalue weighted by molar-refractivity contribution is -0.143. The molecule has 0 atom stereocenters. The summed E-state index contributed by atoms with van der Waals surface area (Å²) >= 11 is 0. The van der Waals surface area contributed by atoms with Gasteiger partial charge in [-0.3, -0.25) is 9.36 Å². The summed E-state index contributed by atoms with van der Waals surface area (Å²) in [6.45, 7) is 2.69. The van der Waals surface area contributed by atoms with Crippen LogP contribution in [0.1, 0.15) is 19.8 Å². The van der Waals surface area contributed by atoms with Crippen LogP contribution >= 0.6 is 0 Å². The van der Waals surface area contributed by atoms with Crippen LogP contribution in [0.15, 0.2) is 29.1 Å². The third-order valence-corrected chi connectivity index (χ3v) is 2.75. The number of carbonyl (C=O) groups is 1. The lowest BCUT2D eigenvalue weighted by Crippen LogP contribution is -2.17. The van der Waals surface area contributed by atoms with Crippen molar-refractivity contribution in [1.82, 2.24) is 9.55 Å². The molecule has 1 aromatic heterocycles. The number of rotatable bonds is 5. The van der Waals surface area contributed by atoms with Gasteiger partial charge in [-0.15, -0.1) is 0 Å². The van der Waals surface area contributed by atoms with Crippen molar-refractivity contribution in [3.8, 4) is 0 Å². The summed E-state index contributed by atoms with van der Waals surface area (Å²) in [6.07, 6.45) is 0.931. The van der Waals surface area contributed by atoms with Crippen molar-refractivity contribution in [3.63, 3.8) is 0 Å². The average molecular weight is 248 g/mol. The van der Waals surface area contributed by atoms with Crippen LogP contribution in [0.25, 0.3) is 11.0 Å². The number of aromatic amines is 1. The van der Waals surface area contributed by atoms with E-state index in [1.54, 1.807) is 11.5 Å². The Hall–Kier alpha value is -2.04. The molecule has 0 fully saturated rings. The van der Waals surface area contributed by atoms with Gasteiger partial charge in [-0.25, -0.2) is 4.79 Å². The Morgan fingerprint density at radius 3 is 2.94 bits per heavy atom. The van der Waals surface area contributed by atoms with E-state index in [0.29, 0.717) is 26.0 Å². The molecule has 18 heavy (non-hydrogen) atoms. The number of H-pyrrole nitrogens is 1. The van der Waals surface area contributed by atoms with Crippen LogP contribution in [0.4, 0.5) is 0 Å². The molecule has 1 N–H and O–H groups in total. The molecular weight excluding hydrogens is 232 g/mol. The second-order valence-electron chi connectivity index (χ2n) is 4.01. The first kappa shape index (κ1) is 12.4. The minimum absolute atomic E-state index is 0.139. The van der Waals surface area contributed by atoms with E-state index in [9.17, 15) is 9.59 Å². The highest BCUT2D eigenvalue weighted by Gasteiger charge is 2.07. The average Bonchev–Trinajstić information content (AvgIpc) is 2.66. The molecule has 0 bridgehead atoms. The number of hydrogen-bond acceptors (Lipinski definition) is 3. The van der Waals surface area contributed by atoms with Crippen LogP contribution in [-0.4, -0.2) is 22.1 Å². The van der Waals surface area contributed by atoms with Gasteiger partial charge in [0.25, 0.3) is 0 Å². The monoisotopic (exact) mass is 248 g/mol. The van der Waals surface area contributed by atoms with Crippen LogP contribution in [-0.2, 0) is 16.1 Å². The van der Waals surface area contributed by atoms with Crippen molar-refractivity contribution in [3.05, 3.63) is 34.7 Å². The molecule has 96 valence electrons. The van der Waals surface area contributed by atoms with E-state index in [1.807, 2.05) is 24.3 Å². The molecule has 0 radical (unpaired) electrons. The molecule has 0 spiro atoms. The normalized spacial score (nSPS) is 10.7. The van der Waals surface area contributed by atoms with Crippen molar-refractivity contribution in [1.29, 1.82) is 0 Å². The van der Waals surface area contributed by atoms with Crippen molar-refractivity contribution < 1.29 is 9.53 Å². The summed E-state index contributed by atoms with van der Waals surface area (Å²) in [5, 5.41) is 0. The van der Waals surface area contributed by atoms with Crippen molar-refractivity contribution in [2.75, 3.05) is 6.61 Å². The number of benzene rings is 1. The summed E-state index contributed by atoms with van der Waals surface area (Å²) in [5.74, 6) is -0.217. The zero-order valence-electron chi connectivity index (χ0n) is 10.3. The number of carbonyl (C=O) groups excluding carboxylic acids is 1. The second kappa shape index (κ2) is 5.53. The fourth-order valence-electron chi connectivity index (χ4n) is 1.94. The quantitative estimate of drug-likeness (QED) is 0.819. The Morgan fingerprint density at radius 1 is 1.39 bits per heavy atom. The summed E-state index contributed by atoms with van der Waals surface area (Å²) in [5.41, 5.74) is 1.55. The molecule has 0 saturated heterocycles. The second-order valence-corrected chi connectivity index (χ2v) is 4.01. The molecule has 5 heteroatoms. The van der Waals surface area contributed by atoms with Gasteiger partial charge in [0.1, 0.15) is 0 Å². The summed E-state index contributed by atoms with van der Waals surface area (Å²) in [7, 11) is 0. The Kier molecular flexibility index (Phi) is 3.82. The number of nitrogens with zero attached hydrogens (tertiary/aromatic N) is 1. The van der Waals surface area contributed by atoms with E-state index in [2.05, 4.69) is 4.98 Å². The first-order valence-electron chi connectivity index (χ1n) is 6.05. The molecule has 1 aromatic carbocycles. The van der Waals surface area contributed by atoms with E-state index in [1.165, 1.54) is 0 Å². The maximum Gasteiger partial charge on any atom is 0.326 e. The van der Waals surface area contributed by atoms with Crippen LogP contribution in [0, 0.1) is 0 Å². The molecule has 2 rings (SSSR count). The van der Waals surface area contributed by atoms with Gasteiger partial charge in [-0.05, 0) is 25.5 Å². The number of aromatic nitrogens is 2. The molecular formula is C13H16N2O3. The van der Waals surface area contributed by atoms with E-state index >= 15 is 0 Å². The highest BCUT2D eigenvalue weighted by Crippen LogP contribution is 2.09. The van der Waals surface area contributed by atoms with Gasteiger partial charge in [-0.2, -0.15) is 0 Å². The van der Waals surface area contributed by atoms with Crippen LogP contribution in [0.3, 0.4) is 0 Å². The van der Waals surface area contributed by atoms with Gasteiger partial charge in [0.15, 0.2) is 0 Å². The molecule has 0 aliphatic rings. The molecule has 0 saturated carbocycles. The fourth-order valence-corrected chi connectivity index (χ4v) is 1.94. The maximum absolute atomic E-state index is 11.7. The third kappa shape index (κ3) is 2.61. The molecule has 0 amide bonds. The number of esters is 1. The smallest absolute Gasteiger partial charge is 0.326 e. The standard InChI is InChI=1S/C13H16N2O3/c1-2-18-12(16)8-5-9-15-11-7-4-3-6-10(11)14-13(15)17/h3-4,6-7H,2,5,8-9H2,1H3,(H,14,17). The molecule has 1 heterocycles. The molecule has 0 aliphatic heterocycles. The largest absolute Gasteiger partial charge is 0.466 e. The van der Waals surface area contributed by atoms with Gasteiger partial charge in [0.05, 0.1) is 17.6 Å². The number of imidazole rings is 1. The zero-order valence-corrected chi connectivity index (χ0v) is 10.3. The number of nitrogens with one attached hydrogen (secondary N) is 1. The fraction of sp³-hybridized carbons (Fsp3) is 0.385. The number of para-hydroxylation sites is 2. The number of hydrogen-bond donors (Lipinski definition) is 1. The number of aryl methyl sites for hydroxylation is 1. The topological polar surface area (TPSA) is 64.1 Å². The lowest BCUT2D eigenvalue weighted by Gasteiger charge is -2.03. The predicted octanol–water partition coefficient (Wildman–Crippen LogP) is 1.67. The number of fused-ring (bicyclic) bond motifs is 1. The van der Waals surface area contributed by atoms with Crippen LogP contribution < -0.4 is 5.69 Å². The van der Waals surface area contributed by atoms with Gasteiger partial charge < -0.3 is 9.72 Å². The van der Waals surface area contributed by atoms with E-state index in [-0.39, 0.29) is 11.7 Å². The first-order chi connectivity index (χ1) is 8.72. The highest BCUT2D eigenvalue weighted by molar-refractivity contribution is 5.75. The summed E-state index contributed by atoms with van der Waals surface area (Å²) < 4.78 is 6.49. The Bertz CT molecular complexity index is 598. The first-order valence-corrected chi connectivity index (χ1v) is 6.05. The Morgan fingerprint density at radius 2 is 2.17 bits per heavy atom. The summed E-state index contributed by atoms with van der Waals surface area (Å²) in [4.78, 5) is 25.7. The van der Waals surface area contributed by atoms with Crippen molar-refractivity contribution in [2.45, 2.75) is 26.3 Å². The molecule has 0 aliphatic carbocycles. The summed E-state index contributed by atoms with van der Waals surface area (Å²) in [6, 6.07) is 7.51. The van der Waals surface area contributed by atoms with Gasteiger partial charge in [-0.1, -0.05) is 12.1 Å². The lowest BCUT2D eigenvalue weighted by atomic mass is 10.3. The van der Waals surface area contributed by atoms with Gasteiger partial charge >= 0.3 is 11.7 Å². The number of ether oxygens (including phenoxy) is 1. The van der Waals surface area contributed by atoms with Crippen LogP contribution in [0.5, 0.6) is 0 Å². The van der Waals surface area contributed by atoms with Crippen molar-refractivity contribution in [2.24, 2.45) is 0 Å². The van der Waals surface area contributed by atoms with Crippen LogP contribution in [0.2, 0.25) is 0 Å². The third-order valence-electron chi connectivity index (χ3n) is 2.75. The SMILES string of the molecule is CCOC(=O)CCCn1c(=O)[nH]c2ccccc21. The predicted molar refractivity (Wildman–Crippen MR) is 68.4 cm³/mol. The van der Waals surface area contributed by atoms with E-state index < -0.39 is 0 Å². The Balaban J connectivity index is 2.06. The highest BCUT2D eigenvalue weighted by atomic mass is 16.5. The molecule has 2 aromatic rings. The van der Waals surface area contributed by atoms with E-state index in [4.69, 9.17) is 4.74 Å². The zero-order chi connectivity index (χ0) is 13.0. The van der Waals surface area contributed by atoms with Gasteiger partial charge in [0.2, 0.25) is 0 Å². The van der Waals surface area contributed by atoms with Gasteiger partial charge in [0, 0.05) is 13.0 Å². The van der Waals surface area contributed by atoms with Crippen molar-refractivity contribution >= 4 is 17.0 Å². The molecule has 0 unspecified atom stereocenters. The Labute approximate surface area is 104 Å².